The SMILES string of the molecule is CCNC(=NCC(CCN(C)C)OCC)NC(C)Cc1c(C)nn(C)c1C.I. The molecule has 1 rings (SSSR count). The number of aryl methyl sites for hydroxylation is 2. The van der Waals surface area contributed by atoms with E-state index in [9.17, 15) is 0 Å². The molecule has 0 aromatic carbocycles. The molecule has 0 saturated heterocycles. The van der Waals surface area contributed by atoms with Crippen LogP contribution in [0.5, 0.6) is 0 Å². The van der Waals surface area contributed by atoms with Crippen molar-refractivity contribution < 1.29 is 4.74 Å². The summed E-state index contributed by atoms with van der Waals surface area (Å²) in [6.07, 6.45) is 2.05. The molecule has 8 heteroatoms. The van der Waals surface area contributed by atoms with Gasteiger partial charge in [0.15, 0.2) is 5.96 Å². The van der Waals surface area contributed by atoms with Crippen LogP contribution in [0.15, 0.2) is 4.99 Å². The molecule has 0 saturated carbocycles. The minimum absolute atomic E-state index is 0. The molecule has 0 aliphatic rings. The molecule has 28 heavy (non-hydrogen) atoms. The van der Waals surface area contributed by atoms with Gasteiger partial charge in [0.25, 0.3) is 0 Å². The van der Waals surface area contributed by atoms with Crippen molar-refractivity contribution >= 4 is 29.9 Å². The van der Waals surface area contributed by atoms with E-state index in [1.165, 1.54) is 11.3 Å². The normalized spacial score (nSPS) is 14.0. The Balaban J connectivity index is 0.00000729. The summed E-state index contributed by atoms with van der Waals surface area (Å²) in [4.78, 5) is 6.95. The molecular weight excluding hydrogens is 467 g/mol. The molecule has 2 atom stereocenters. The van der Waals surface area contributed by atoms with E-state index in [1.807, 2.05) is 18.7 Å². The fraction of sp³-hybridized carbons (Fsp3) is 0.800. The van der Waals surface area contributed by atoms with E-state index in [1.54, 1.807) is 0 Å². The number of halogens is 1. The van der Waals surface area contributed by atoms with Crippen LogP contribution in [-0.2, 0) is 18.2 Å². The molecule has 0 aliphatic heterocycles. The fourth-order valence-corrected chi connectivity index (χ4v) is 3.08. The van der Waals surface area contributed by atoms with Crippen LogP contribution in [0.25, 0.3) is 0 Å². The number of nitrogens with zero attached hydrogens (tertiary/aromatic N) is 4. The second kappa shape index (κ2) is 14.2. The molecular formula is C20H41IN6O. The monoisotopic (exact) mass is 508 g/mol. The summed E-state index contributed by atoms with van der Waals surface area (Å²) in [6.45, 7) is 13.7. The van der Waals surface area contributed by atoms with Crippen LogP contribution in [0.4, 0.5) is 0 Å². The Morgan fingerprint density at radius 2 is 1.96 bits per heavy atom. The molecule has 0 bridgehead atoms. The van der Waals surface area contributed by atoms with Crippen molar-refractivity contribution in [3.63, 3.8) is 0 Å². The standard InChI is InChI=1S/C20H40N6O.HI/c1-9-21-20(22-14-18(27-10-2)11-12-25(6)7)23-15(3)13-19-16(4)24-26(8)17(19)5;/h15,18H,9-14H2,1-8H3,(H2,21,22,23);1H. The lowest BCUT2D eigenvalue weighted by Gasteiger charge is -2.21. The Morgan fingerprint density at radius 1 is 1.29 bits per heavy atom. The number of rotatable bonds is 11. The smallest absolute Gasteiger partial charge is 0.191 e. The number of hydrogen-bond donors (Lipinski definition) is 2. The number of guanidine groups is 1. The van der Waals surface area contributed by atoms with Gasteiger partial charge in [-0.15, -0.1) is 24.0 Å². The van der Waals surface area contributed by atoms with Crippen molar-refractivity contribution in [2.24, 2.45) is 12.0 Å². The van der Waals surface area contributed by atoms with Crippen LogP contribution in [0.1, 0.15) is 44.1 Å². The molecule has 1 aromatic heterocycles. The molecule has 1 aromatic rings. The Hall–Kier alpha value is -0.870. The van der Waals surface area contributed by atoms with Crippen molar-refractivity contribution in [1.82, 2.24) is 25.3 Å². The van der Waals surface area contributed by atoms with Gasteiger partial charge in [0.1, 0.15) is 0 Å². The van der Waals surface area contributed by atoms with Gasteiger partial charge in [0.2, 0.25) is 0 Å². The van der Waals surface area contributed by atoms with Crippen LogP contribution in [0.2, 0.25) is 0 Å². The summed E-state index contributed by atoms with van der Waals surface area (Å²) < 4.78 is 7.81. The average Bonchev–Trinajstić information content (AvgIpc) is 2.83. The van der Waals surface area contributed by atoms with Crippen LogP contribution in [-0.4, -0.2) is 73.1 Å². The maximum absolute atomic E-state index is 5.86. The fourth-order valence-electron chi connectivity index (χ4n) is 3.08. The minimum Gasteiger partial charge on any atom is -0.377 e. The van der Waals surface area contributed by atoms with Gasteiger partial charge in [0, 0.05) is 38.5 Å². The zero-order valence-corrected chi connectivity index (χ0v) is 21.3. The maximum Gasteiger partial charge on any atom is 0.191 e. The second-order valence-corrected chi connectivity index (χ2v) is 7.41. The van der Waals surface area contributed by atoms with Crippen molar-refractivity contribution in [3.05, 3.63) is 17.0 Å². The number of nitrogens with one attached hydrogen (secondary N) is 2. The molecule has 2 unspecified atom stereocenters. The van der Waals surface area contributed by atoms with Crippen molar-refractivity contribution in [2.75, 3.05) is 40.3 Å². The minimum atomic E-state index is 0. The third-order valence-electron chi connectivity index (χ3n) is 4.65. The second-order valence-electron chi connectivity index (χ2n) is 7.41. The third-order valence-corrected chi connectivity index (χ3v) is 4.65. The zero-order valence-electron chi connectivity index (χ0n) is 19.0. The summed E-state index contributed by atoms with van der Waals surface area (Å²) in [6, 6.07) is 0.261. The van der Waals surface area contributed by atoms with E-state index in [4.69, 9.17) is 9.73 Å². The summed E-state index contributed by atoms with van der Waals surface area (Å²) in [5.74, 6) is 0.846. The van der Waals surface area contributed by atoms with Crippen molar-refractivity contribution in [3.8, 4) is 0 Å². The molecule has 0 fully saturated rings. The first-order valence-corrected chi connectivity index (χ1v) is 10.1. The van der Waals surface area contributed by atoms with Gasteiger partial charge < -0.3 is 20.3 Å². The molecule has 0 aliphatic carbocycles. The van der Waals surface area contributed by atoms with E-state index >= 15 is 0 Å². The molecule has 2 N–H and O–H groups in total. The summed E-state index contributed by atoms with van der Waals surface area (Å²) in [5, 5.41) is 11.4. The van der Waals surface area contributed by atoms with E-state index in [0.717, 1.165) is 37.6 Å². The Morgan fingerprint density at radius 3 is 2.46 bits per heavy atom. The predicted molar refractivity (Wildman–Crippen MR) is 129 cm³/mol. The quantitative estimate of drug-likeness (QED) is 0.273. The highest BCUT2D eigenvalue weighted by molar-refractivity contribution is 14.0. The van der Waals surface area contributed by atoms with E-state index in [2.05, 4.69) is 62.4 Å². The highest BCUT2D eigenvalue weighted by Crippen LogP contribution is 2.14. The molecule has 0 amide bonds. The largest absolute Gasteiger partial charge is 0.377 e. The van der Waals surface area contributed by atoms with E-state index in [0.29, 0.717) is 13.2 Å². The summed E-state index contributed by atoms with van der Waals surface area (Å²) in [7, 11) is 6.17. The van der Waals surface area contributed by atoms with Crippen LogP contribution in [0, 0.1) is 13.8 Å². The van der Waals surface area contributed by atoms with Gasteiger partial charge in [-0.1, -0.05) is 0 Å². The highest BCUT2D eigenvalue weighted by atomic mass is 127. The van der Waals surface area contributed by atoms with Gasteiger partial charge in [-0.05, 0) is 67.1 Å². The number of aromatic nitrogens is 2. The van der Waals surface area contributed by atoms with Gasteiger partial charge in [-0.2, -0.15) is 5.10 Å². The molecule has 164 valence electrons. The Bertz CT molecular complexity index is 587. The summed E-state index contributed by atoms with van der Waals surface area (Å²) in [5.41, 5.74) is 3.64. The number of hydrogen-bond acceptors (Lipinski definition) is 4. The lowest BCUT2D eigenvalue weighted by Crippen LogP contribution is -2.43. The Labute approximate surface area is 188 Å². The zero-order chi connectivity index (χ0) is 20.4. The van der Waals surface area contributed by atoms with Crippen molar-refractivity contribution in [1.29, 1.82) is 0 Å². The molecule has 7 nitrogen and oxygen atoms in total. The van der Waals surface area contributed by atoms with Gasteiger partial charge >= 0.3 is 0 Å². The molecule has 1 heterocycles. The summed E-state index contributed by atoms with van der Waals surface area (Å²) >= 11 is 0. The van der Waals surface area contributed by atoms with Gasteiger partial charge in [0.05, 0.1) is 18.3 Å². The van der Waals surface area contributed by atoms with E-state index < -0.39 is 0 Å². The maximum atomic E-state index is 5.86. The van der Waals surface area contributed by atoms with Crippen molar-refractivity contribution in [2.45, 2.75) is 59.6 Å². The van der Waals surface area contributed by atoms with E-state index in [-0.39, 0.29) is 36.1 Å². The first-order valence-electron chi connectivity index (χ1n) is 10.1. The predicted octanol–water partition coefficient (Wildman–Crippen LogP) is 2.50. The van der Waals surface area contributed by atoms with Crippen LogP contribution in [0.3, 0.4) is 0 Å². The number of ether oxygens (including phenoxy) is 1. The lowest BCUT2D eigenvalue weighted by molar-refractivity contribution is 0.0582. The number of aliphatic imine (C=N–C) groups is 1. The topological polar surface area (TPSA) is 66.7 Å². The first-order chi connectivity index (χ1) is 12.8. The van der Waals surface area contributed by atoms with Crippen LogP contribution < -0.4 is 10.6 Å². The van der Waals surface area contributed by atoms with Gasteiger partial charge in [-0.25, -0.2) is 0 Å². The molecule has 0 radical (unpaired) electrons. The first kappa shape index (κ1) is 27.1. The van der Waals surface area contributed by atoms with Gasteiger partial charge in [-0.3, -0.25) is 9.67 Å². The Kier molecular flexibility index (Phi) is 13.7. The average molecular weight is 508 g/mol. The molecule has 0 spiro atoms. The highest BCUT2D eigenvalue weighted by Gasteiger charge is 2.15. The lowest BCUT2D eigenvalue weighted by atomic mass is 10.1. The third kappa shape index (κ3) is 9.56. The van der Waals surface area contributed by atoms with Crippen LogP contribution >= 0.6 is 24.0 Å².